The molecule has 0 N–H and O–H groups in total. The number of piperidine rings is 2. The molecule has 3 heterocycles. The standard InChI is InChI=1S/C21H29N3O4S/c1-22-19(26)20(8-14-24(15-9-20)29(2,27)28)16-21(22)10-12-23(13-11-21)18(25)17-6-4-3-5-7-17/h3-7H,8-16H2,1-2H3. The summed E-state index contributed by atoms with van der Waals surface area (Å²) in [6.45, 7) is 2.09. The van der Waals surface area contributed by atoms with Crippen LogP contribution < -0.4 is 0 Å². The molecule has 0 aromatic heterocycles. The number of benzene rings is 1. The number of rotatable bonds is 2. The van der Waals surface area contributed by atoms with Crippen LogP contribution in [-0.4, -0.2) is 79.4 Å². The van der Waals surface area contributed by atoms with E-state index in [-0.39, 0.29) is 17.4 Å². The van der Waals surface area contributed by atoms with Crippen molar-refractivity contribution in [1.82, 2.24) is 14.1 Å². The van der Waals surface area contributed by atoms with Crippen molar-refractivity contribution < 1.29 is 18.0 Å². The van der Waals surface area contributed by atoms with Gasteiger partial charge in [0.25, 0.3) is 5.91 Å². The van der Waals surface area contributed by atoms with Gasteiger partial charge in [0.15, 0.2) is 0 Å². The molecule has 8 heteroatoms. The molecule has 158 valence electrons. The second-order valence-corrected chi connectivity index (χ2v) is 10.8. The van der Waals surface area contributed by atoms with Gasteiger partial charge in [0.1, 0.15) is 0 Å². The van der Waals surface area contributed by atoms with Crippen LogP contribution in [0.25, 0.3) is 0 Å². The van der Waals surface area contributed by atoms with Gasteiger partial charge < -0.3 is 9.80 Å². The number of carbonyl (C=O) groups is 2. The van der Waals surface area contributed by atoms with E-state index in [4.69, 9.17) is 0 Å². The molecule has 0 unspecified atom stereocenters. The van der Waals surface area contributed by atoms with Crippen LogP contribution in [-0.2, 0) is 14.8 Å². The SMILES string of the molecule is CN1C(=O)C2(CCN(S(C)(=O)=O)CC2)CC12CCN(C(=O)c1ccccc1)CC2. The van der Waals surface area contributed by atoms with Crippen LogP contribution in [0, 0.1) is 5.41 Å². The second-order valence-electron chi connectivity index (χ2n) is 8.87. The van der Waals surface area contributed by atoms with Crippen LogP contribution in [0.2, 0.25) is 0 Å². The van der Waals surface area contributed by atoms with Gasteiger partial charge in [-0.15, -0.1) is 0 Å². The van der Waals surface area contributed by atoms with Gasteiger partial charge in [-0.3, -0.25) is 9.59 Å². The lowest BCUT2D eigenvalue weighted by Crippen LogP contribution is -2.52. The molecule has 3 saturated heterocycles. The molecule has 4 rings (SSSR count). The average molecular weight is 420 g/mol. The molecule has 3 aliphatic rings. The van der Waals surface area contributed by atoms with E-state index in [1.54, 1.807) is 0 Å². The normalized spacial score (nSPS) is 24.4. The summed E-state index contributed by atoms with van der Waals surface area (Å²) in [4.78, 5) is 29.8. The zero-order chi connectivity index (χ0) is 20.9. The average Bonchev–Trinajstić information content (AvgIpc) is 2.90. The van der Waals surface area contributed by atoms with Crippen molar-refractivity contribution in [3.05, 3.63) is 35.9 Å². The van der Waals surface area contributed by atoms with Crippen molar-refractivity contribution in [2.24, 2.45) is 5.41 Å². The minimum absolute atomic E-state index is 0.0450. The molecule has 0 atom stereocenters. The van der Waals surface area contributed by atoms with Gasteiger partial charge in [0, 0.05) is 44.3 Å². The third kappa shape index (κ3) is 3.46. The molecule has 0 saturated carbocycles. The first-order valence-corrected chi connectivity index (χ1v) is 12.1. The Bertz CT molecular complexity index is 899. The van der Waals surface area contributed by atoms with Gasteiger partial charge in [-0.05, 0) is 44.2 Å². The van der Waals surface area contributed by atoms with Crippen LogP contribution >= 0.6 is 0 Å². The molecule has 2 amide bonds. The molecule has 0 bridgehead atoms. The topological polar surface area (TPSA) is 78.0 Å². The summed E-state index contributed by atoms with van der Waals surface area (Å²) in [6.07, 6.45) is 4.70. The lowest BCUT2D eigenvalue weighted by molar-refractivity contribution is -0.138. The first-order chi connectivity index (χ1) is 13.7. The highest BCUT2D eigenvalue weighted by Crippen LogP contribution is 2.52. The maximum absolute atomic E-state index is 13.2. The van der Waals surface area contributed by atoms with Crippen molar-refractivity contribution >= 4 is 21.8 Å². The number of likely N-dealkylation sites (tertiary alicyclic amines) is 2. The Morgan fingerprint density at radius 3 is 2.10 bits per heavy atom. The number of carbonyl (C=O) groups excluding carboxylic acids is 2. The van der Waals surface area contributed by atoms with Crippen LogP contribution in [0.3, 0.4) is 0 Å². The monoisotopic (exact) mass is 419 g/mol. The zero-order valence-electron chi connectivity index (χ0n) is 17.1. The number of amides is 2. The number of sulfonamides is 1. The van der Waals surface area contributed by atoms with Gasteiger partial charge in [0.2, 0.25) is 15.9 Å². The van der Waals surface area contributed by atoms with Gasteiger partial charge in [-0.25, -0.2) is 12.7 Å². The van der Waals surface area contributed by atoms with Crippen LogP contribution in [0.4, 0.5) is 0 Å². The third-order valence-corrected chi connectivity index (χ3v) is 8.59. The van der Waals surface area contributed by atoms with Crippen molar-refractivity contribution in [3.8, 4) is 0 Å². The fourth-order valence-electron chi connectivity index (χ4n) is 5.43. The summed E-state index contributed by atoms with van der Waals surface area (Å²) < 4.78 is 25.2. The van der Waals surface area contributed by atoms with Gasteiger partial charge in [-0.2, -0.15) is 0 Å². The van der Waals surface area contributed by atoms with E-state index in [0.717, 1.165) is 19.3 Å². The van der Waals surface area contributed by atoms with Crippen LogP contribution in [0.1, 0.15) is 42.5 Å². The second kappa shape index (κ2) is 7.09. The highest BCUT2D eigenvalue weighted by Gasteiger charge is 2.59. The Labute approximate surface area is 172 Å². The van der Waals surface area contributed by atoms with E-state index in [0.29, 0.717) is 44.6 Å². The molecule has 3 fully saturated rings. The molecule has 1 aromatic rings. The summed E-state index contributed by atoms with van der Waals surface area (Å²) >= 11 is 0. The maximum Gasteiger partial charge on any atom is 0.253 e. The molecule has 29 heavy (non-hydrogen) atoms. The molecule has 0 radical (unpaired) electrons. The Hall–Kier alpha value is -1.93. The predicted molar refractivity (Wildman–Crippen MR) is 110 cm³/mol. The highest BCUT2D eigenvalue weighted by molar-refractivity contribution is 7.88. The van der Waals surface area contributed by atoms with Crippen molar-refractivity contribution in [1.29, 1.82) is 0 Å². The summed E-state index contributed by atoms with van der Waals surface area (Å²) in [5, 5.41) is 0. The van der Waals surface area contributed by atoms with E-state index in [1.165, 1.54) is 10.6 Å². The number of nitrogens with zero attached hydrogens (tertiary/aromatic N) is 3. The van der Waals surface area contributed by atoms with E-state index in [1.807, 2.05) is 47.2 Å². The quantitative estimate of drug-likeness (QED) is 0.729. The molecule has 3 aliphatic heterocycles. The Morgan fingerprint density at radius 1 is 0.966 bits per heavy atom. The fraction of sp³-hybridized carbons (Fsp3) is 0.619. The molecular weight excluding hydrogens is 390 g/mol. The summed E-state index contributed by atoms with van der Waals surface area (Å²) in [5.74, 6) is 0.192. The van der Waals surface area contributed by atoms with Gasteiger partial charge >= 0.3 is 0 Å². The minimum atomic E-state index is -3.22. The smallest absolute Gasteiger partial charge is 0.253 e. The van der Waals surface area contributed by atoms with Crippen molar-refractivity contribution in [3.63, 3.8) is 0 Å². The molecular formula is C21H29N3O4S. The van der Waals surface area contributed by atoms with Gasteiger partial charge in [-0.1, -0.05) is 18.2 Å². The van der Waals surface area contributed by atoms with E-state index in [2.05, 4.69) is 0 Å². The lowest BCUT2D eigenvalue weighted by atomic mass is 9.71. The first-order valence-electron chi connectivity index (χ1n) is 10.2. The lowest BCUT2D eigenvalue weighted by Gasteiger charge is -2.44. The fourth-order valence-corrected chi connectivity index (χ4v) is 6.28. The molecule has 7 nitrogen and oxygen atoms in total. The summed E-state index contributed by atoms with van der Waals surface area (Å²) in [5.41, 5.74) is 0.0169. The number of hydrogen-bond donors (Lipinski definition) is 0. The summed E-state index contributed by atoms with van der Waals surface area (Å²) in [7, 11) is -1.33. The highest BCUT2D eigenvalue weighted by atomic mass is 32.2. The number of hydrogen-bond acceptors (Lipinski definition) is 4. The Morgan fingerprint density at radius 2 is 1.55 bits per heavy atom. The molecule has 1 aromatic carbocycles. The largest absolute Gasteiger partial charge is 0.339 e. The van der Waals surface area contributed by atoms with Crippen LogP contribution in [0.15, 0.2) is 30.3 Å². The Balaban J connectivity index is 1.45. The van der Waals surface area contributed by atoms with E-state index >= 15 is 0 Å². The van der Waals surface area contributed by atoms with Crippen molar-refractivity contribution in [2.75, 3.05) is 39.5 Å². The maximum atomic E-state index is 13.2. The van der Waals surface area contributed by atoms with Crippen molar-refractivity contribution in [2.45, 2.75) is 37.6 Å². The Kier molecular flexibility index (Phi) is 4.98. The van der Waals surface area contributed by atoms with Gasteiger partial charge in [0.05, 0.1) is 11.7 Å². The third-order valence-electron chi connectivity index (χ3n) is 7.29. The van der Waals surface area contributed by atoms with E-state index in [9.17, 15) is 18.0 Å². The van der Waals surface area contributed by atoms with Crippen LogP contribution in [0.5, 0.6) is 0 Å². The first kappa shape index (κ1) is 20.3. The minimum Gasteiger partial charge on any atom is -0.339 e. The summed E-state index contributed by atoms with van der Waals surface area (Å²) in [6, 6.07) is 9.31. The predicted octanol–water partition coefficient (Wildman–Crippen LogP) is 1.57. The molecule has 2 spiro atoms. The van der Waals surface area contributed by atoms with E-state index < -0.39 is 15.4 Å². The molecule has 0 aliphatic carbocycles. The zero-order valence-corrected chi connectivity index (χ0v) is 18.0.